The maximum atomic E-state index is 12.1. The van der Waals surface area contributed by atoms with E-state index in [1.807, 2.05) is 24.3 Å². The smallest absolute Gasteiger partial charge is 0.251 e. The van der Waals surface area contributed by atoms with Crippen LogP contribution in [0.5, 0.6) is 0 Å². The minimum Gasteiger partial charge on any atom is -0.379 e. The van der Waals surface area contributed by atoms with E-state index in [1.54, 1.807) is 0 Å². The summed E-state index contributed by atoms with van der Waals surface area (Å²) in [6, 6.07) is 8.45. The van der Waals surface area contributed by atoms with E-state index in [0.717, 1.165) is 30.8 Å². The van der Waals surface area contributed by atoms with E-state index in [0.29, 0.717) is 30.1 Å². The van der Waals surface area contributed by atoms with Gasteiger partial charge in [-0.3, -0.25) is 4.79 Å². The molecule has 0 aromatic heterocycles. The molecule has 3 atom stereocenters. The van der Waals surface area contributed by atoms with Crippen LogP contribution in [0.4, 0.5) is 0 Å². The molecule has 3 rings (SSSR count). The molecule has 24 heavy (non-hydrogen) atoms. The van der Waals surface area contributed by atoms with Gasteiger partial charge in [-0.05, 0) is 37.0 Å². The van der Waals surface area contributed by atoms with E-state index >= 15 is 0 Å². The molecule has 1 aliphatic heterocycles. The van der Waals surface area contributed by atoms with Crippen molar-refractivity contribution in [2.75, 3.05) is 32.8 Å². The minimum atomic E-state index is -0.0246. The van der Waals surface area contributed by atoms with Gasteiger partial charge in [-0.15, -0.1) is 0 Å². The summed E-state index contributed by atoms with van der Waals surface area (Å²) < 4.78 is 6.53. The number of ether oxygens (including phenoxy) is 1. The monoisotopic (exact) mass is 395 g/mol. The Balaban J connectivity index is 1.40. The van der Waals surface area contributed by atoms with Gasteiger partial charge in [0.25, 0.3) is 5.91 Å². The lowest BCUT2D eigenvalue weighted by Crippen LogP contribution is -2.51. The summed E-state index contributed by atoms with van der Waals surface area (Å²) in [5.74, 6) is 0.606. The summed E-state index contributed by atoms with van der Waals surface area (Å²) in [7, 11) is 0. The Morgan fingerprint density at radius 1 is 1.33 bits per heavy atom. The number of benzene rings is 1. The lowest BCUT2D eigenvalue weighted by molar-refractivity contribution is 0.0526. The molecule has 3 unspecified atom stereocenters. The van der Waals surface area contributed by atoms with Crippen LogP contribution < -0.4 is 16.0 Å². The summed E-state index contributed by atoms with van der Waals surface area (Å²) in [5, 5.41) is 10.2. The molecule has 2 aliphatic rings. The fourth-order valence-corrected chi connectivity index (χ4v) is 4.15. The molecule has 1 aliphatic carbocycles. The van der Waals surface area contributed by atoms with Crippen molar-refractivity contribution in [3.63, 3.8) is 0 Å². The van der Waals surface area contributed by atoms with E-state index in [9.17, 15) is 4.79 Å². The zero-order valence-corrected chi connectivity index (χ0v) is 15.5. The second-order valence-electron chi connectivity index (χ2n) is 6.56. The molecule has 3 N–H and O–H groups in total. The summed E-state index contributed by atoms with van der Waals surface area (Å²) in [6.07, 6.45) is 3.73. The van der Waals surface area contributed by atoms with Crippen LogP contribution in [-0.2, 0) is 4.74 Å². The van der Waals surface area contributed by atoms with Crippen molar-refractivity contribution in [1.29, 1.82) is 0 Å². The van der Waals surface area contributed by atoms with Gasteiger partial charge in [-0.2, -0.15) is 0 Å². The van der Waals surface area contributed by atoms with Gasteiger partial charge < -0.3 is 20.7 Å². The summed E-state index contributed by atoms with van der Waals surface area (Å²) in [4.78, 5) is 12.1. The first-order chi connectivity index (χ1) is 11.7. The second-order valence-corrected chi connectivity index (χ2v) is 7.47. The maximum absolute atomic E-state index is 12.1. The fraction of sp³-hybridized carbons (Fsp3) is 0.611. The summed E-state index contributed by atoms with van der Waals surface area (Å²) >= 11 is 3.39. The van der Waals surface area contributed by atoms with Gasteiger partial charge in [0.2, 0.25) is 0 Å². The Morgan fingerprint density at radius 3 is 3.04 bits per heavy atom. The molecule has 0 radical (unpaired) electrons. The molecule has 6 heteroatoms. The first kappa shape index (κ1) is 17.9. The number of carbonyl (C=O) groups is 1. The molecule has 0 bridgehead atoms. The lowest BCUT2D eigenvalue weighted by atomic mass is 9.94. The van der Waals surface area contributed by atoms with Crippen molar-refractivity contribution in [2.45, 2.75) is 31.3 Å². The highest BCUT2D eigenvalue weighted by atomic mass is 79.9. The predicted octanol–water partition coefficient (Wildman–Crippen LogP) is 1.93. The van der Waals surface area contributed by atoms with Crippen LogP contribution in [-0.4, -0.2) is 50.8 Å². The highest BCUT2D eigenvalue weighted by molar-refractivity contribution is 9.10. The normalized spacial score (nSPS) is 27.1. The quantitative estimate of drug-likeness (QED) is 0.644. The molecule has 1 saturated heterocycles. The van der Waals surface area contributed by atoms with Crippen LogP contribution in [0, 0.1) is 5.92 Å². The molecule has 1 saturated carbocycles. The first-order valence-electron chi connectivity index (χ1n) is 8.82. The van der Waals surface area contributed by atoms with Crippen LogP contribution in [0.15, 0.2) is 28.7 Å². The molecule has 2 fully saturated rings. The summed E-state index contributed by atoms with van der Waals surface area (Å²) in [6.45, 7) is 4.04. The number of rotatable bonds is 6. The van der Waals surface area contributed by atoms with Crippen LogP contribution in [0.3, 0.4) is 0 Å². The van der Waals surface area contributed by atoms with Crippen LogP contribution in [0.25, 0.3) is 0 Å². The molecule has 1 heterocycles. The highest BCUT2D eigenvalue weighted by Gasteiger charge is 2.34. The van der Waals surface area contributed by atoms with Gasteiger partial charge in [0.15, 0.2) is 0 Å². The third-order valence-corrected chi connectivity index (χ3v) is 5.43. The van der Waals surface area contributed by atoms with Crippen molar-refractivity contribution in [3.05, 3.63) is 34.3 Å². The van der Waals surface area contributed by atoms with Crippen molar-refractivity contribution in [1.82, 2.24) is 16.0 Å². The van der Waals surface area contributed by atoms with E-state index in [1.165, 1.54) is 19.3 Å². The molecule has 132 valence electrons. The molecule has 5 nitrogen and oxygen atoms in total. The predicted molar refractivity (Wildman–Crippen MR) is 98.2 cm³/mol. The van der Waals surface area contributed by atoms with Gasteiger partial charge in [-0.1, -0.05) is 28.4 Å². The van der Waals surface area contributed by atoms with Gasteiger partial charge in [0.05, 0.1) is 13.2 Å². The molecular formula is C18H26BrN3O2. The van der Waals surface area contributed by atoms with E-state index in [-0.39, 0.29) is 5.91 Å². The SMILES string of the molecule is O=C(NCCNC1CCCC1C1COCCN1)c1cccc(Br)c1. The standard InChI is InChI=1S/C18H26BrN3O2/c19-14-4-1-3-13(11-14)18(23)22-8-7-20-16-6-2-5-15(16)17-12-24-10-9-21-17/h1,3-4,11,15-17,20-21H,2,5-10,12H2,(H,22,23). The first-order valence-corrected chi connectivity index (χ1v) is 9.61. The molecule has 1 aromatic carbocycles. The Morgan fingerprint density at radius 2 is 2.25 bits per heavy atom. The molecule has 1 aromatic rings. The average Bonchev–Trinajstić information content (AvgIpc) is 3.08. The van der Waals surface area contributed by atoms with E-state index < -0.39 is 0 Å². The van der Waals surface area contributed by atoms with Crippen molar-refractivity contribution in [2.24, 2.45) is 5.92 Å². The Hall–Kier alpha value is -0.950. The Labute approximate surface area is 152 Å². The van der Waals surface area contributed by atoms with E-state index in [4.69, 9.17) is 4.74 Å². The summed E-state index contributed by atoms with van der Waals surface area (Å²) in [5.41, 5.74) is 0.687. The zero-order chi connectivity index (χ0) is 16.8. The van der Waals surface area contributed by atoms with Crippen LogP contribution in [0.2, 0.25) is 0 Å². The average molecular weight is 396 g/mol. The van der Waals surface area contributed by atoms with Crippen molar-refractivity contribution in [3.8, 4) is 0 Å². The largest absolute Gasteiger partial charge is 0.379 e. The van der Waals surface area contributed by atoms with E-state index in [2.05, 4.69) is 31.9 Å². The van der Waals surface area contributed by atoms with Crippen molar-refractivity contribution < 1.29 is 9.53 Å². The number of amides is 1. The zero-order valence-electron chi connectivity index (χ0n) is 13.9. The number of morpholine rings is 1. The van der Waals surface area contributed by atoms with Gasteiger partial charge in [-0.25, -0.2) is 0 Å². The Bertz CT molecular complexity index is 549. The number of hydrogen-bond acceptors (Lipinski definition) is 4. The lowest BCUT2D eigenvalue weighted by Gasteiger charge is -2.33. The number of carbonyl (C=O) groups excluding carboxylic acids is 1. The molecule has 0 spiro atoms. The number of halogens is 1. The molecule has 1 amide bonds. The Kier molecular flexibility index (Phi) is 6.66. The topological polar surface area (TPSA) is 62.4 Å². The third-order valence-electron chi connectivity index (χ3n) is 4.94. The number of hydrogen-bond donors (Lipinski definition) is 3. The third kappa shape index (κ3) is 4.79. The van der Waals surface area contributed by atoms with Gasteiger partial charge in [0.1, 0.15) is 0 Å². The number of nitrogens with one attached hydrogen (secondary N) is 3. The van der Waals surface area contributed by atoms with Crippen LogP contribution in [0.1, 0.15) is 29.6 Å². The van der Waals surface area contributed by atoms with Crippen LogP contribution >= 0.6 is 15.9 Å². The fourth-order valence-electron chi connectivity index (χ4n) is 3.75. The second kappa shape index (κ2) is 8.94. The molecular weight excluding hydrogens is 370 g/mol. The van der Waals surface area contributed by atoms with Gasteiger partial charge >= 0.3 is 0 Å². The van der Waals surface area contributed by atoms with Gasteiger partial charge in [0, 0.05) is 41.8 Å². The van der Waals surface area contributed by atoms with Crippen molar-refractivity contribution >= 4 is 21.8 Å². The highest BCUT2D eigenvalue weighted by Crippen LogP contribution is 2.29. The minimum absolute atomic E-state index is 0.0246. The maximum Gasteiger partial charge on any atom is 0.251 e.